The Labute approximate surface area is 195 Å². The molecule has 3 heterocycles. The van der Waals surface area contributed by atoms with E-state index in [9.17, 15) is 4.79 Å². The molecule has 1 aliphatic heterocycles. The average molecular weight is 467 g/mol. The summed E-state index contributed by atoms with van der Waals surface area (Å²) in [5.74, 6) is 1.92. The highest BCUT2D eigenvalue weighted by Crippen LogP contribution is 2.40. The van der Waals surface area contributed by atoms with Crippen molar-refractivity contribution in [3.8, 4) is 16.8 Å². The zero-order valence-electron chi connectivity index (χ0n) is 17.5. The van der Waals surface area contributed by atoms with Crippen molar-refractivity contribution < 1.29 is 4.79 Å². The summed E-state index contributed by atoms with van der Waals surface area (Å²) in [6.45, 7) is 4.88. The van der Waals surface area contributed by atoms with E-state index in [1.54, 1.807) is 6.20 Å². The van der Waals surface area contributed by atoms with Crippen LogP contribution in [0.5, 0.6) is 0 Å². The molecule has 162 valence electrons. The van der Waals surface area contributed by atoms with Gasteiger partial charge >= 0.3 is 0 Å². The highest BCUT2D eigenvalue weighted by atomic mass is 35.5. The monoisotopic (exact) mass is 466 g/mol. The molecule has 0 bridgehead atoms. The van der Waals surface area contributed by atoms with Crippen molar-refractivity contribution in [3.05, 3.63) is 71.5 Å². The third-order valence-electron chi connectivity index (χ3n) is 5.65. The van der Waals surface area contributed by atoms with Gasteiger partial charge in [-0.1, -0.05) is 24.6 Å². The van der Waals surface area contributed by atoms with Crippen LogP contribution in [-0.2, 0) is 11.3 Å². The summed E-state index contributed by atoms with van der Waals surface area (Å²) in [6, 6.07) is 14.1. The number of fused-ring (bicyclic) bond motifs is 3. The summed E-state index contributed by atoms with van der Waals surface area (Å²) in [5, 5.41) is 13.3. The second-order valence-electron chi connectivity index (χ2n) is 7.91. The molecule has 2 aromatic heterocycles. The van der Waals surface area contributed by atoms with Crippen LogP contribution >= 0.6 is 23.2 Å². The summed E-state index contributed by atoms with van der Waals surface area (Å²) in [7, 11) is 0. The van der Waals surface area contributed by atoms with Crippen molar-refractivity contribution >= 4 is 39.8 Å². The summed E-state index contributed by atoms with van der Waals surface area (Å²) in [4.78, 5) is 13.5. The lowest BCUT2D eigenvalue weighted by Crippen LogP contribution is -2.21. The standard InChI is InChI=1S/C23H20Cl2N6O/c1-14-11-30(19-6-4-18(24)5-7-19)21-9-16(17-10-26-29(12-17)13-22(25)32)3-8-20(21)31-15(2)27-28-23(14)31/h3-10,12,14H,11,13H2,1-2H3/t14-/m1/s1. The minimum Gasteiger partial charge on any atom is -0.339 e. The fourth-order valence-corrected chi connectivity index (χ4v) is 4.40. The molecule has 9 heteroatoms. The summed E-state index contributed by atoms with van der Waals surface area (Å²) in [6.07, 6.45) is 3.56. The molecule has 32 heavy (non-hydrogen) atoms. The Morgan fingerprint density at radius 1 is 1.09 bits per heavy atom. The van der Waals surface area contributed by atoms with E-state index in [0.717, 1.165) is 46.4 Å². The molecule has 4 aromatic rings. The number of aromatic nitrogens is 5. The number of benzene rings is 2. The molecule has 0 aliphatic carbocycles. The van der Waals surface area contributed by atoms with Gasteiger partial charge in [-0.05, 0) is 60.5 Å². The van der Waals surface area contributed by atoms with Gasteiger partial charge in [0.15, 0.2) is 0 Å². The van der Waals surface area contributed by atoms with E-state index in [-0.39, 0.29) is 12.5 Å². The Balaban J connectivity index is 1.67. The number of hydrogen-bond donors (Lipinski definition) is 0. The van der Waals surface area contributed by atoms with Gasteiger partial charge in [0.05, 0.1) is 17.6 Å². The Bertz CT molecular complexity index is 1310. The lowest BCUT2D eigenvalue weighted by atomic mass is 10.1. The molecule has 5 rings (SSSR count). The molecule has 0 saturated heterocycles. The average Bonchev–Trinajstić information content (AvgIpc) is 3.35. The molecule has 0 N–H and O–H groups in total. The molecule has 0 radical (unpaired) electrons. The van der Waals surface area contributed by atoms with E-state index in [1.807, 2.05) is 43.5 Å². The van der Waals surface area contributed by atoms with Crippen molar-refractivity contribution in [2.24, 2.45) is 0 Å². The van der Waals surface area contributed by atoms with Crippen LogP contribution in [0.2, 0.25) is 5.02 Å². The van der Waals surface area contributed by atoms with Crippen LogP contribution in [-0.4, -0.2) is 36.3 Å². The van der Waals surface area contributed by atoms with Crippen LogP contribution in [0.15, 0.2) is 54.9 Å². The van der Waals surface area contributed by atoms with E-state index in [0.29, 0.717) is 5.02 Å². The highest BCUT2D eigenvalue weighted by molar-refractivity contribution is 6.63. The Morgan fingerprint density at radius 2 is 1.88 bits per heavy atom. The smallest absolute Gasteiger partial charge is 0.243 e. The fraction of sp³-hybridized carbons (Fsp3) is 0.217. The summed E-state index contributed by atoms with van der Waals surface area (Å²) < 4.78 is 3.66. The molecule has 0 saturated carbocycles. The molecule has 1 atom stereocenters. The number of hydrogen-bond acceptors (Lipinski definition) is 5. The summed E-state index contributed by atoms with van der Waals surface area (Å²) in [5.41, 5.74) is 4.96. The van der Waals surface area contributed by atoms with Crippen LogP contribution in [0.4, 0.5) is 11.4 Å². The Kier molecular flexibility index (Phi) is 5.23. The lowest BCUT2D eigenvalue weighted by Gasteiger charge is -2.27. The Morgan fingerprint density at radius 3 is 2.62 bits per heavy atom. The Hall–Kier alpha value is -3.16. The van der Waals surface area contributed by atoms with Crippen molar-refractivity contribution in [2.45, 2.75) is 26.3 Å². The van der Waals surface area contributed by atoms with Gasteiger partial charge in [0.25, 0.3) is 0 Å². The van der Waals surface area contributed by atoms with Crippen LogP contribution in [0, 0.1) is 6.92 Å². The number of carbonyl (C=O) groups is 1. The number of aryl methyl sites for hydroxylation is 1. The van der Waals surface area contributed by atoms with Gasteiger partial charge in [0, 0.05) is 34.9 Å². The predicted octanol–water partition coefficient (Wildman–Crippen LogP) is 5.11. The van der Waals surface area contributed by atoms with E-state index in [4.69, 9.17) is 23.2 Å². The normalized spacial score (nSPS) is 15.2. The zero-order valence-corrected chi connectivity index (χ0v) is 19.0. The van der Waals surface area contributed by atoms with E-state index in [2.05, 4.69) is 43.8 Å². The number of carbonyl (C=O) groups excluding carboxylic acids is 1. The molecule has 7 nitrogen and oxygen atoms in total. The molecule has 0 unspecified atom stereocenters. The molecular formula is C23H20Cl2N6O. The van der Waals surface area contributed by atoms with Crippen molar-refractivity contribution in [1.29, 1.82) is 0 Å². The van der Waals surface area contributed by atoms with E-state index >= 15 is 0 Å². The second-order valence-corrected chi connectivity index (χ2v) is 8.77. The van der Waals surface area contributed by atoms with E-state index in [1.165, 1.54) is 4.68 Å². The SMILES string of the molecule is Cc1nnc2n1-c1ccc(-c3cnn(CC(=O)Cl)c3)cc1N(c1ccc(Cl)cc1)C[C@H]2C. The first-order valence-corrected chi connectivity index (χ1v) is 11.0. The topological polar surface area (TPSA) is 68.8 Å². The minimum absolute atomic E-state index is 0.0319. The van der Waals surface area contributed by atoms with Gasteiger partial charge in [-0.15, -0.1) is 10.2 Å². The van der Waals surface area contributed by atoms with E-state index < -0.39 is 5.24 Å². The first-order chi connectivity index (χ1) is 15.4. The zero-order chi connectivity index (χ0) is 22.4. The van der Waals surface area contributed by atoms with Gasteiger partial charge in [0.2, 0.25) is 5.24 Å². The largest absolute Gasteiger partial charge is 0.339 e. The third kappa shape index (κ3) is 3.67. The molecule has 2 aromatic carbocycles. The van der Waals surface area contributed by atoms with Crippen molar-refractivity contribution in [2.75, 3.05) is 11.4 Å². The molecule has 0 fully saturated rings. The predicted molar refractivity (Wildman–Crippen MR) is 125 cm³/mol. The van der Waals surface area contributed by atoms with Crippen molar-refractivity contribution in [1.82, 2.24) is 24.5 Å². The van der Waals surface area contributed by atoms with Crippen LogP contribution in [0.1, 0.15) is 24.5 Å². The lowest BCUT2D eigenvalue weighted by molar-refractivity contribution is -0.112. The summed E-state index contributed by atoms with van der Waals surface area (Å²) >= 11 is 11.7. The molecule has 0 amide bonds. The van der Waals surface area contributed by atoms with Gasteiger partial charge in [0.1, 0.15) is 18.2 Å². The number of halogens is 2. The third-order valence-corrected chi connectivity index (χ3v) is 6.02. The van der Waals surface area contributed by atoms with Crippen molar-refractivity contribution in [3.63, 3.8) is 0 Å². The van der Waals surface area contributed by atoms with Crippen LogP contribution in [0.3, 0.4) is 0 Å². The quantitative estimate of drug-likeness (QED) is 0.390. The second kappa shape index (κ2) is 8.07. The van der Waals surface area contributed by atoms with Gasteiger partial charge in [-0.25, -0.2) is 0 Å². The molecule has 0 spiro atoms. The van der Waals surface area contributed by atoms with Crippen LogP contribution < -0.4 is 4.90 Å². The maximum Gasteiger partial charge on any atom is 0.243 e. The molecule has 1 aliphatic rings. The highest BCUT2D eigenvalue weighted by Gasteiger charge is 2.28. The first kappa shape index (κ1) is 20.7. The number of nitrogens with zero attached hydrogens (tertiary/aromatic N) is 6. The van der Waals surface area contributed by atoms with Crippen LogP contribution in [0.25, 0.3) is 16.8 Å². The maximum absolute atomic E-state index is 11.2. The number of rotatable bonds is 4. The first-order valence-electron chi connectivity index (χ1n) is 10.2. The van der Waals surface area contributed by atoms with Gasteiger partial charge in [-0.3, -0.25) is 14.0 Å². The van der Waals surface area contributed by atoms with Gasteiger partial charge in [-0.2, -0.15) is 5.10 Å². The fourth-order valence-electron chi connectivity index (χ4n) is 4.15. The number of anilines is 2. The minimum atomic E-state index is -0.458. The molecular weight excluding hydrogens is 447 g/mol. The maximum atomic E-state index is 11.2. The van der Waals surface area contributed by atoms with Gasteiger partial charge < -0.3 is 4.90 Å².